The lowest BCUT2D eigenvalue weighted by Crippen LogP contribution is -2.47. The van der Waals surface area contributed by atoms with Crippen molar-refractivity contribution in [2.45, 2.75) is 38.3 Å². The van der Waals surface area contributed by atoms with Gasteiger partial charge in [0, 0.05) is 6.04 Å². The molecule has 58 valence electrons. The van der Waals surface area contributed by atoms with Crippen LogP contribution in [0.5, 0.6) is 0 Å². The van der Waals surface area contributed by atoms with E-state index in [1.165, 1.54) is 19.3 Å². The fourth-order valence-electron chi connectivity index (χ4n) is 1.01. The molecule has 0 radical (unpaired) electrons. The number of carbonyl (C=O) groups is 1. The zero-order valence-corrected chi connectivity index (χ0v) is 6.26. The molecule has 0 spiro atoms. The molecule has 0 aliphatic heterocycles. The lowest BCUT2D eigenvalue weighted by Gasteiger charge is -2.28. The largest absolute Gasteiger partial charge is 0.368 e. The van der Waals surface area contributed by atoms with Gasteiger partial charge in [0.15, 0.2) is 0 Å². The van der Waals surface area contributed by atoms with Crippen molar-refractivity contribution in [2.75, 3.05) is 0 Å². The molecule has 1 amide bonds. The first-order valence-corrected chi connectivity index (χ1v) is 3.75. The van der Waals surface area contributed by atoms with Crippen LogP contribution in [0.4, 0.5) is 0 Å². The van der Waals surface area contributed by atoms with Crippen molar-refractivity contribution in [3.05, 3.63) is 0 Å². The maximum atomic E-state index is 10.5. The number of amides is 1. The van der Waals surface area contributed by atoms with Crippen molar-refractivity contribution in [3.63, 3.8) is 0 Å². The van der Waals surface area contributed by atoms with Gasteiger partial charge in [-0.3, -0.25) is 4.79 Å². The number of nitrogens with two attached hydrogens (primary N) is 1. The summed E-state index contributed by atoms with van der Waals surface area (Å²) in [6.45, 7) is 1.81. The van der Waals surface area contributed by atoms with Gasteiger partial charge in [0.1, 0.15) is 0 Å². The Labute approximate surface area is 61.0 Å². The van der Waals surface area contributed by atoms with Crippen LogP contribution in [0, 0.1) is 0 Å². The molecule has 0 saturated heterocycles. The highest BCUT2D eigenvalue weighted by Crippen LogP contribution is 2.18. The molecule has 1 atom stereocenters. The van der Waals surface area contributed by atoms with Crippen molar-refractivity contribution in [2.24, 2.45) is 5.73 Å². The van der Waals surface area contributed by atoms with Crippen molar-refractivity contribution in [1.82, 2.24) is 5.32 Å². The van der Waals surface area contributed by atoms with Crippen molar-refractivity contribution in [1.29, 1.82) is 0 Å². The number of rotatable bonds is 3. The highest BCUT2D eigenvalue weighted by molar-refractivity contribution is 5.79. The average Bonchev–Trinajstić information content (AvgIpc) is 1.77. The lowest BCUT2D eigenvalue weighted by atomic mass is 9.92. The highest BCUT2D eigenvalue weighted by atomic mass is 16.1. The number of carbonyl (C=O) groups excluding carboxylic acids is 1. The summed E-state index contributed by atoms with van der Waals surface area (Å²) < 4.78 is 0. The second kappa shape index (κ2) is 3.01. The van der Waals surface area contributed by atoms with E-state index in [1.807, 2.05) is 0 Å². The fraction of sp³-hybridized carbons (Fsp3) is 0.857. The molecule has 0 aromatic rings. The van der Waals surface area contributed by atoms with Gasteiger partial charge in [-0.1, -0.05) is 6.42 Å². The minimum absolute atomic E-state index is 0.162. The van der Waals surface area contributed by atoms with Gasteiger partial charge in [0.2, 0.25) is 5.91 Å². The molecule has 1 saturated carbocycles. The summed E-state index contributed by atoms with van der Waals surface area (Å²) in [6.07, 6.45) is 3.67. The highest BCUT2D eigenvalue weighted by Gasteiger charge is 2.20. The van der Waals surface area contributed by atoms with E-state index >= 15 is 0 Å². The van der Waals surface area contributed by atoms with Gasteiger partial charge in [-0.15, -0.1) is 0 Å². The Balaban J connectivity index is 2.16. The third-order valence-electron chi connectivity index (χ3n) is 2.02. The third-order valence-corrected chi connectivity index (χ3v) is 2.02. The first-order chi connectivity index (χ1) is 4.70. The van der Waals surface area contributed by atoms with E-state index < -0.39 is 0 Å². The summed E-state index contributed by atoms with van der Waals surface area (Å²) >= 11 is 0. The SMILES string of the molecule is CC(NC1CCC1)C(N)=O. The van der Waals surface area contributed by atoms with E-state index in [2.05, 4.69) is 5.32 Å². The van der Waals surface area contributed by atoms with Gasteiger partial charge in [-0.25, -0.2) is 0 Å². The zero-order valence-electron chi connectivity index (χ0n) is 6.26. The fourth-order valence-corrected chi connectivity index (χ4v) is 1.01. The molecule has 1 aliphatic rings. The molecule has 0 aromatic heterocycles. The smallest absolute Gasteiger partial charge is 0.234 e. The van der Waals surface area contributed by atoms with Gasteiger partial charge in [-0.05, 0) is 19.8 Å². The maximum absolute atomic E-state index is 10.5. The summed E-state index contributed by atoms with van der Waals surface area (Å²) in [7, 11) is 0. The van der Waals surface area contributed by atoms with Crippen molar-refractivity contribution in [3.8, 4) is 0 Å². The molecule has 0 heterocycles. The average molecular weight is 142 g/mol. The minimum Gasteiger partial charge on any atom is -0.368 e. The molecule has 3 nitrogen and oxygen atoms in total. The van der Waals surface area contributed by atoms with E-state index in [0.717, 1.165) is 0 Å². The Hall–Kier alpha value is -0.570. The van der Waals surface area contributed by atoms with Crippen LogP contribution in [0.15, 0.2) is 0 Å². The Bertz CT molecular complexity index is 132. The molecule has 10 heavy (non-hydrogen) atoms. The van der Waals surface area contributed by atoms with Crippen LogP contribution in [0.25, 0.3) is 0 Å². The van der Waals surface area contributed by atoms with Crippen LogP contribution in [0.3, 0.4) is 0 Å². The molecular formula is C7H14N2O. The zero-order chi connectivity index (χ0) is 7.56. The van der Waals surface area contributed by atoms with E-state index in [-0.39, 0.29) is 11.9 Å². The van der Waals surface area contributed by atoms with Gasteiger partial charge in [-0.2, -0.15) is 0 Å². The van der Waals surface area contributed by atoms with Crippen molar-refractivity contribution >= 4 is 5.91 Å². The Morgan fingerprint density at radius 1 is 1.70 bits per heavy atom. The molecule has 3 heteroatoms. The van der Waals surface area contributed by atoms with E-state index in [9.17, 15) is 4.79 Å². The van der Waals surface area contributed by atoms with Crippen LogP contribution in [0.2, 0.25) is 0 Å². The quantitative estimate of drug-likeness (QED) is 0.583. The topological polar surface area (TPSA) is 55.1 Å². The van der Waals surface area contributed by atoms with Crippen LogP contribution in [-0.2, 0) is 4.79 Å². The molecule has 1 fully saturated rings. The third kappa shape index (κ3) is 1.70. The van der Waals surface area contributed by atoms with E-state index in [0.29, 0.717) is 6.04 Å². The Morgan fingerprint density at radius 2 is 2.30 bits per heavy atom. The number of hydrogen-bond acceptors (Lipinski definition) is 2. The Morgan fingerprint density at radius 3 is 2.60 bits per heavy atom. The molecule has 0 aromatic carbocycles. The number of primary amides is 1. The second-order valence-corrected chi connectivity index (χ2v) is 2.92. The normalized spacial score (nSPS) is 21.7. The van der Waals surface area contributed by atoms with Gasteiger partial charge >= 0.3 is 0 Å². The van der Waals surface area contributed by atoms with E-state index in [4.69, 9.17) is 5.73 Å². The summed E-state index contributed by atoms with van der Waals surface area (Å²) in [6, 6.07) is 0.382. The first kappa shape index (κ1) is 7.54. The second-order valence-electron chi connectivity index (χ2n) is 2.92. The predicted molar refractivity (Wildman–Crippen MR) is 39.4 cm³/mol. The van der Waals surface area contributed by atoms with Gasteiger partial charge in [0.25, 0.3) is 0 Å². The molecule has 3 N–H and O–H groups in total. The van der Waals surface area contributed by atoms with Crippen LogP contribution < -0.4 is 11.1 Å². The molecule has 1 rings (SSSR count). The summed E-state index contributed by atoms with van der Waals surface area (Å²) in [5.41, 5.74) is 5.06. The minimum atomic E-state index is -0.257. The molecular weight excluding hydrogens is 128 g/mol. The molecule has 1 aliphatic carbocycles. The number of hydrogen-bond donors (Lipinski definition) is 2. The summed E-state index contributed by atoms with van der Waals surface area (Å²) in [4.78, 5) is 10.5. The predicted octanol–water partition coefficient (Wildman–Crippen LogP) is 0.00230. The van der Waals surface area contributed by atoms with Crippen LogP contribution >= 0.6 is 0 Å². The maximum Gasteiger partial charge on any atom is 0.234 e. The first-order valence-electron chi connectivity index (χ1n) is 3.75. The Kier molecular flexibility index (Phi) is 2.27. The molecule has 1 unspecified atom stereocenters. The lowest BCUT2D eigenvalue weighted by molar-refractivity contribution is -0.119. The summed E-state index contributed by atoms with van der Waals surface area (Å²) in [5.74, 6) is -0.257. The summed E-state index contributed by atoms with van der Waals surface area (Å²) in [5, 5.41) is 3.14. The molecule has 0 bridgehead atoms. The monoisotopic (exact) mass is 142 g/mol. The number of nitrogens with one attached hydrogen (secondary N) is 1. The van der Waals surface area contributed by atoms with Crippen molar-refractivity contribution < 1.29 is 4.79 Å². The van der Waals surface area contributed by atoms with Crippen LogP contribution in [-0.4, -0.2) is 18.0 Å². The van der Waals surface area contributed by atoms with Gasteiger partial charge in [0.05, 0.1) is 6.04 Å². The van der Waals surface area contributed by atoms with E-state index in [1.54, 1.807) is 6.92 Å². The van der Waals surface area contributed by atoms with Gasteiger partial charge < -0.3 is 11.1 Å². The standard InChI is InChI=1S/C7H14N2O/c1-5(7(8)10)9-6-3-2-4-6/h5-6,9H,2-4H2,1H3,(H2,8,10). The van der Waals surface area contributed by atoms with Crippen LogP contribution in [0.1, 0.15) is 26.2 Å².